The molecule has 0 aliphatic heterocycles. The van der Waals surface area contributed by atoms with Crippen LogP contribution in [-0.2, 0) is 4.79 Å². The Kier molecular flexibility index (Phi) is 4.90. The number of amides is 1. The normalized spacial score (nSPS) is 10.0. The van der Waals surface area contributed by atoms with Crippen molar-refractivity contribution in [2.24, 2.45) is 0 Å². The summed E-state index contributed by atoms with van der Waals surface area (Å²) in [4.78, 5) is 22.2. The van der Waals surface area contributed by atoms with Crippen molar-refractivity contribution in [3.8, 4) is 5.75 Å². The van der Waals surface area contributed by atoms with E-state index in [1.54, 1.807) is 24.3 Å². The van der Waals surface area contributed by atoms with Gasteiger partial charge >= 0.3 is 0 Å². The van der Waals surface area contributed by atoms with E-state index >= 15 is 0 Å². The van der Waals surface area contributed by atoms with Crippen molar-refractivity contribution in [1.82, 2.24) is 0 Å². The SMILES string of the molecule is O=Cc1ccc(OCC(=O)Nc2ccc(F)c(Cl)c2)cc1. The predicted octanol–water partition coefficient (Wildman–Crippen LogP) is 3.31. The molecule has 21 heavy (non-hydrogen) atoms. The van der Waals surface area contributed by atoms with Gasteiger partial charge in [0.05, 0.1) is 5.02 Å². The average molecular weight is 308 g/mol. The number of aldehydes is 1. The molecule has 2 aromatic rings. The molecule has 6 heteroatoms. The summed E-state index contributed by atoms with van der Waals surface area (Å²) in [5.41, 5.74) is 0.902. The molecule has 4 nitrogen and oxygen atoms in total. The molecule has 0 saturated carbocycles. The molecule has 0 heterocycles. The van der Waals surface area contributed by atoms with Crippen LogP contribution < -0.4 is 10.1 Å². The van der Waals surface area contributed by atoms with Crippen LogP contribution in [0.2, 0.25) is 5.02 Å². The van der Waals surface area contributed by atoms with Gasteiger partial charge in [0.25, 0.3) is 5.91 Å². The summed E-state index contributed by atoms with van der Waals surface area (Å²) in [6.07, 6.45) is 0.717. The summed E-state index contributed by atoms with van der Waals surface area (Å²) in [6.45, 7) is -0.213. The van der Waals surface area contributed by atoms with Gasteiger partial charge in [0.2, 0.25) is 0 Å². The number of ether oxygens (including phenoxy) is 1. The van der Waals surface area contributed by atoms with E-state index in [1.807, 2.05) is 0 Å². The van der Waals surface area contributed by atoms with Crippen LogP contribution in [0.3, 0.4) is 0 Å². The van der Waals surface area contributed by atoms with Crippen LogP contribution in [0.5, 0.6) is 5.75 Å². The van der Waals surface area contributed by atoms with Crippen LogP contribution in [0.15, 0.2) is 42.5 Å². The Hall–Kier alpha value is -2.40. The van der Waals surface area contributed by atoms with Gasteiger partial charge in [-0.25, -0.2) is 4.39 Å². The summed E-state index contributed by atoms with van der Waals surface area (Å²) in [5, 5.41) is 2.46. The molecule has 0 aromatic heterocycles. The molecule has 0 saturated heterocycles. The molecule has 0 unspecified atom stereocenters. The standard InChI is InChI=1S/C15H11ClFNO3/c16-13-7-11(3-6-14(13)17)18-15(20)9-21-12-4-1-10(8-19)2-5-12/h1-8H,9H2,(H,18,20). The van der Waals surface area contributed by atoms with Gasteiger partial charge in [-0.1, -0.05) is 11.6 Å². The van der Waals surface area contributed by atoms with E-state index in [1.165, 1.54) is 12.1 Å². The third-order valence-electron chi connectivity index (χ3n) is 2.59. The fourth-order valence-corrected chi connectivity index (χ4v) is 1.74. The zero-order valence-electron chi connectivity index (χ0n) is 10.8. The summed E-state index contributed by atoms with van der Waals surface area (Å²) in [5.74, 6) is -0.494. The molecule has 0 atom stereocenters. The van der Waals surface area contributed by atoms with E-state index in [2.05, 4.69) is 5.32 Å². The molecule has 0 bridgehead atoms. The zero-order valence-corrected chi connectivity index (χ0v) is 11.6. The third kappa shape index (κ3) is 4.29. The van der Waals surface area contributed by atoms with E-state index in [0.717, 1.165) is 12.4 Å². The first-order valence-corrected chi connectivity index (χ1v) is 6.39. The first-order chi connectivity index (χ1) is 10.1. The highest BCUT2D eigenvalue weighted by Crippen LogP contribution is 2.19. The highest BCUT2D eigenvalue weighted by Gasteiger charge is 2.06. The van der Waals surface area contributed by atoms with Crippen molar-refractivity contribution < 1.29 is 18.7 Å². The third-order valence-corrected chi connectivity index (χ3v) is 2.88. The van der Waals surface area contributed by atoms with Crippen LogP contribution in [0.4, 0.5) is 10.1 Å². The van der Waals surface area contributed by atoms with Gasteiger partial charge in [0.15, 0.2) is 6.61 Å². The number of carbonyl (C=O) groups excluding carboxylic acids is 2. The van der Waals surface area contributed by atoms with Gasteiger partial charge in [-0.2, -0.15) is 0 Å². The number of carbonyl (C=O) groups is 2. The number of hydrogen-bond acceptors (Lipinski definition) is 3. The number of benzene rings is 2. The van der Waals surface area contributed by atoms with E-state index in [4.69, 9.17) is 16.3 Å². The maximum absolute atomic E-state index is 13.0. The van der Waals surface area contributed by atoms with Crippen LogP contribution in [-0.4, -0.2) is 18.8 Å². The van der Waals surface area contributed by atoms with Crippen molar-refractivity contribution in [3.05, 3.63) is 58.9 Å². The van der Waals surface area contributed by atoms with Crippen LogP contribution >= 0.6 is 11.6 Å². The molecular weight excluding hydrogens is 297 g/mol. The van der Waals surface area contributed by atoms with Gasteiger partial charge in [-0.3, -0.25) is 9.59 Å². The Balaban J connectivity index is 1.89. The average Bonchev–Trinajstić information content (AvgIpc) is 2.49. The fraction of sp³-hybridized carbons (Fsp3) is 0.0667. The molecule has 0 aliphatic carbocycles. The molecule has 0 fully saturated rings. The Bertz CT molecular complexity index is 658. The predicted molar refractivity (Wildman–Crippen MR) is 77.4 cm³/mol. The van der Waals surface area contributed by atoms with Crippen molar-refractivity contribution in [2.45, 2.75) is 0 Å². The Morgan fingerprint density at radius 1 is 1.24 bits per heavy atom. The minimum atomic E-state index is -0.554. The van der Waals surface area contributed by atoms with Gasteiger partial charge in [-0.15, -0.1) is 0 Å². The second kappa shape index (κ2) is 6.85. The van der Waals surface area contributed by atoms with E-state index in [-0.39, 0.29) is 11.6 Å². The Morgan fingerprint density at radius 2 is 1.95 bits per heavy atom. The van der Waals surface area contributed by atoms with Gasteiger partial charge < -0.3 is 10.1 Å². The monoisotopic (exact) mass is 307 g/mol. The smallest absolute Gasteiger partial charge is 0.262 e. The molecule has 2 aromatic carbocycles. The van der Waals surface area contributed by atoms with Crippen LogP contribution in [0.1, 0.15) is 10.4 Å². The van der Waals surface area contributed by atoms with E-state index in [9.17, 15) is 14.0 Å². The topological polar surface area (TPSA) is 55.4 Å². The quantitative estimate of drug-likeness (QED) is 0.862. The lowest BCUT2D eigenvalue weighted by atomic mass is 10.2. The molecule has 0 aliphatic rings. The second-order valence-corrected chi connectivity index (χ2v) is 4.56. The molecule has 1 N–H and O–H groups in total. The number of nitrogens with one attached hydrogen (secondary N) is 1. The maximum Gasteiger partial charge on any atom is 0.262 e. The first-order valence-electron chi connectivity index (χ1n) is 6.01. The van der Waals surface area contributed by atoms with Crippen molar-refractivity contribution in [2.75, 3.05) is 11.9 Å². The van der Waals surface area contributed by atoms with Crippen molar-refractivity contribution in [1.29, 1.82) is 0 Å². The summed E-state index contributed by atoms with van der Waals surface area (Å²) in [6, 6.07) is 10.2. The van der Waals surface area contributed by atoms with Gasteiger partial charge in [-0.05, 0) is 42.5 Å². The Labute approximate surface area is 125 Å². The largest absolute Gasteiger partial charge is 0.484 e. The molecule has 0 spiro atoms. The minimum absolute atomic E-state index is 0.0711. The Morgan fingerprint density at radius 3 is 2.57 bits per heavy atom. The van der Waals surface area contributed by atoms with Crippen LogP contribution in [0, 0.1) is 5.82 Å². The van der Waals surface area contributed by atoms with Crippen LogP contribution in [0.25, 0.3) is 0 Å². The van der Waals surface area contributed by atoms with Gasteiger partial charge in [0, 0.05) is 11.3 Å². The highest BCUT2D eigenvalue weighted by atomic mass is 35.5. The second-order valence-electron chi connectivity index (χ2n) is 4.15. The lowest BCUT2D eigenvalue weighted by Crippen LogP contribution is -2.20. The zero-order chi connectivity index (χ0) is 15.2. The molecule has 2 rings (SSSR count). The summed E-state index contributed by atoms with van der Waals surface area (Å²) in [7, 11) is 0. The lowest BCUT2D eigenvalue weighted by Gasteiger charge is -2.08. The minimum Gasteiger partial charge on any atom is -0.484 e. The fourth-order valence-electron chi connectivity index (χ4n) is 1.56. The molecular formula is C15H11ClFNO3. The van der Waals surface area contributed by atoms with Crippen molar-refractivity contribution >= 4 is 29.5 Å². The summed E-state index contributed by atoms with van der Waals surface area (Å²) >= 11 is 5.61. The van der Waals surface area contributed by atoms with Gasteiger partial charge in [0.1, 0.15) is 17.9 Å². The number of hydrogen-bond donors (Lipinski definition) is 1. The highest BCUT2D eigenvalue weighted by molar-refractivity contribution is 6.31. The molecule has 1 amide bonds. The summed E-state index contributed by atoms with van der Waals surface area (Å²) < 4.78 is 18.2. The number of halogens is 2. The molecule has 108 valence electrons. The first kappa shape index (κ1) is 15.0. The number of rotatable bonds is 5. The maximum atomic E-state index is 13.0. The molecule has 0 radical (unpaired) electrons. The van der Waals surface area contributed by atoms with E-state index < -0.39 is 11.7 Å². The van der Waals surface area contributed by atoms with E-state index in [0.29, 0.717) is 17.0 Å². The number of anilines is 1. The van der Waals surface area contributed by atoms with Crippen molar-refractivity contribution in [3.63, 3.8) is 0 Å². The lowest BCUT2D eigenvalue weighted by molar-refractivity contribution is -0.118.